The van der Waals surface area contributed by atoms with E-state index in [1.165, 1.54) is 18.2 Å². The van der Waals surface area contributed by atoms with Crippen molar-refractivity contribution in [2.75, 3.05) is 20.2 Å². The Labute approximate surface area is 143 Å². The van der Waals surface area contributed by atoms with E-state index in [2.05, 4.69) is 17.2 Å². The number of rotatable bonds is 4. The molecule has 7 nitrogen and oxygen atoms in total. The highest BCUT2D eigenvalue weighted by Crippen LogP contribution is 2.17. The molecule has 0 radical (unpaired) electrons. The normalized spacial score (nSPS) is 16.5. The summed E-state index contributed by atoms with van der Waals surface area (Å²) in [6.45, 7) is 9.79. The number of hydrogen-bond acceptors (Lipinski definition) is 6. The summed E-state index contributed by atoms with van der Waals surface area (Å²) in [5.74, 6) is 6.04. The largest absolute Gasteiger partial charge is 0.499 e. The van der Waals surface area contributed by atoms with Crippen LogP contribution in [0.1, 0.15) is 34.6 Å². The number of hydrogen-bond donors (Lipinski definition) is 1. The Morgan fingerprint density at radius 1 is 1.46 bits per heavy atom. The topological polar surface area (TPSA) is 77.1 Å². The molecule has 1 aliphatic rings. The van der Waals surface area contributed by atoms with E-state index in [0.29, 0.717) is 12.3 Å². The number of alkyl carbamates (subject to hydrolysis) is 1. The van der Waals surface area contributed by atoms with E-state index in [0.717, 1.165) is 0 Å². The second-order valence-corrected chi connectivity index (χ2v) is 6.67. The highest BCUT2D eigenvalue weighted by atomic mass is 16.7. The molecule has 0 bridgehead atoms. The minimum Gasteiger partial charge on any atom is -0.499 e. The first-order valence-corrected chi connectivity index (χ1v) is 7.80. The van der Waals surface area contributed by atoms with Crippen LogP contribution < -0.4 is 5.32 Å². The standard InChI is InChI=1S/C17H26N2O5/c1-12(2)14(19-11-13(22-6)10-15(20)24-19)8-7-9-18-16(21)23-17(3,4)5/h10,12,14H,9,11H2,1-6H3,(H,18,21). The number of nitrogens with zero attached hydrogens (tertiary/aromatic N) is 1. The van der Waals surface area contributed by atoms with Crippen molar-refractivity contribution in [3.8, 4) is 11.8 Å². The summed E-state index contributed by atoms with van der Waals surface area (Å²) in [6.07, 6.45) is 0.789. The first kappa shape index (κ1) is 19.8. The molecule has 1 aliphatic heterocycles. The van der Waals surface area contributed by atoms with E-state index >= 15 is 0 Å². The molecule has 0 saturated carbocycles. The van der Waals surface area contributed by atoms with E-state index in [4.69, 9.17) is 14.3 Å². The third kappa shape index (κ3) is 6.92. The Balaban J connectivity index is 2.64. The number of nitrogens with one attached hydrogen (secondary N) is 1. The van der Waals surface area contributed by atoms with Crippen LogP contribution in [0.15, 0.2) is 11.8 Å². The van der Waals surface area contributed by atoms with Crippen LogP contribution in [0, 0.1) is 17.8 Å². The van der Waals surface area contributed by atoms with Crippen LogP contribution in [0.3, 0.4) is 0 Å². The number of hydroxylamine groups is 2. The van der Waals surface area contributed by atoms with Gasteiger partial charge in [0.25, 0.3) is 0 Å². The first-order valence-electron chi connectivity index (χ1n) is 7.80. The number of methoxy groups -OCH3 is 1. The molecule has 1 rings (SSSR count). The van der Waals surface area contributed by atoms with E-state index in [9.17, 15) is 9.59 Å². The summed E-state index contributed by atoms with van der Waals surface area (Å²) in [5, 5.41) is 4.06. The molecule has 7 heteroatoms. The predicted octanol–water partition coefficient (Wildman–Crippen LogP) is 1.84. The molecule has 1 unspecified atom stereocenters. The molecule has 1 atom stereocenters. The number of carbonyl (C=O) groups is 2. The van der Waals surface area contributed by atoms with Gasteiger partial charge < -0.3 is 19.6 Å². The van der Waals surface area contributed by atoms with Gasteiger partial charge in [0.1, 0.15) is 17.4 Å². The SMILES string of the molecule is COC1=CC(=O)ON(C(C#CCNC(=O)OC(C)(C)C)C(C)C)C1. The Kier molecular flexibility index (Phi) is 7.11. The van der Waals surface area contributed by atoms with E-state index < -0.39 is 17.7 Å². The lowest BCUT2D eigenvalue weighted by atomic mass is 10.0. The van der Waals surface area contributed by atoms with Crippen molar-refractivity contribution in [1.82, 2.24) is 10.4 Å². The Morgan fingerprint density at radius 2 is 2.12 bits per heavy atom. The Morgan fingerprint density at radius 3 is 2.67 bits per heavy atom. The summed E-state index contributed by atoms with van der Waals surface area (Å²) in [4.78, 5) is 28.3. The summed E-state index contributed by atoms with van der Waals surface area (Å²) >= 11 is 0. The summed E-state index contributed by atoms with van der Waals surface area (Å²) in [5.41, 5.74) is -0.553. The number of carbonyl (C=O) groups excluding carboxylic acids is 2. The zero-order chi connectivity index (χ0) is 18.3. The maximum absolute atomic E-state index is 11.6. The van der Waals surface area contributed by atoms with E-state index in [-0.39, 0.29) is 18.5 Å². The fraction of sp³-hybridized carbons (Fsp3) is 0.647. The molecule has 24 heavy (non-hydrogen) atoms. The highest BCUT2D eigenvalue weighted by molar-refractivity contribution is 5.83. The third-order valence-electron chi connectivity index (χ3n) is 2.97. The summed E-state index contributed by atoms with van der Waals surface area (Å²) in [7, 11) is 1.50. The third-order valence-corrected chi connectivity index (χ3v) is 2.97. The van der Waals surface area contributed by atoms with Crippen LogP contribution in [0.5, 0.6) is 0 Å². The lowest BCUT2D eigenvalue weighted by Crippen LogP contribution is -2.43. The lowest BCUT2D eigenvalue weighted by Gasteiger charge is -2.31. The molecule has 0 saturated heterocycles. The van der Waals surface area contributed by atoms with Crippen molar-refractivity contribution < 1.29 is 23.9 Å². The fourth-order valence-corrected chi connectivity index (χ4v) is 1.94. The molecule has 0 aromatic rings. The molecule has 134 valence electrons. The number of ether oxygens (including phenoxy) is 2. The van der Waals surface area contributed by atoms with Crippen LogP contribution in [-0.2, 0) is 19.1 Å². The lowest BCUT2D eigenvalue weighted by molar-refractivity contribution is -0.198. The molecule has 0 aliphatic carbocycles. The molecule has 0 aromatic heterocycles. The van der Waals surface area contributed by atoms with Crippen molar-refractivity contribution in [3.05, 3.63) is 11.8 Å². The van der Waals surface area contributed by atoms with Gasteiger partial charge in [0.2, 0.25) is 0 Å². The molecule has 1 heterocycles. The van der Waals surface area contributed by atoms with Crippen LogP contribution in [0.4, 0.5) is 4.79 Å². The Hall–Kier alpha value is -2.20. The molecule has 1 amide bonds. The molecular formula is C17H26N2O5. The highest BCUT2D eigenvalue weighted by Gasteiger charge is 2.28. The van der Waals surface area contributed by atoms with Crippen LogP contribution in [0.2, 0.25) is 0 Å². The zero-order valence-corrected chi connectivity index (χ0v) is 15.1. The van der Waals surface area contributed by atoms with Gasteiger partial charge in [-0.05, 0) is 26.7 Å². The van der Waals surface area contributed by atoms with Crippen LogP contribution >= 0.6 is 0 Å². The molecule has 1 N–H and O–H groups in total. The van der Waals surface area contributed by atoms with Crippen molar-refractivity contribution in [1.29, 1.82) is 0 Å². The van der Waals surface area contributed by atoms with Crippen LogP contribution in [0.25, 0.3) is 0 Å². The van der Waals surface area contributed by atoms with Gasteiger partial charge in [-0.2, -0.15) is 0 Å². The zero-order valence-electron chi connectivity index (χ0n) is 15.1. The first-order chi connectivity index (χ1) is 11.1. The van der Waals surface area contributed by atoms with Crippen molar-refractivity contribution in [2.24, 2.45) is 5.92 Å². The molecule has 0 fully saturated rings. The fourth-order valence-electron chi connectivity index (χ4n) is 1.94. The van der Waals surface area contributed by atoms with Gasteiger partial charge in [0, 0.05) is 0 Å². The van der Waals surface area contributed by atoms with Gasteiger partial charge in [0.05, 0.1) is 26.3 Å². The average Bonchev–Trinajstić information content (AvgIpc) is 2.44. The molecule has 0 spiro atoms. The van der Waals surface area contributed by atoms with E-state index in [1.54, 1.807) is 20.8 Å². The minimum atomic E-state index is -0.553. The average molecular weight is 338 g/mol. The van der Waals surface area contributed by atoms with E-state index in [1.807, 2.05) is 13.8 Å². The second kappa shape index (κ2) is 8.60. The second-order valence-electron chi connectivity index (χ2n) is 6.67. The van der Waals surface area contributed by atoms with Gasteiger partial charge in [-0.15, -0.1) is 5.06 Å². The molecular weight excluding hydrogens is 312 g/mol. The van der Waals surface area contributed by atoms with Gasteiger partial charge in [-0.25, -0.2) is 9.59 Å². The molecule has 0 aromatic carbocycles. The predicted molar refractivity (Wildman–Crippen MR) is 88.5 cm³/mol. The van der Waals surface area contributed by atoms with Gasteiger partial charge in [-0.1, -0.05) is 25.7 Å². The van der Waals surface area contributed by atoms with Crippen molar-refractivity contribution in [3.63, 3.8) is 0 Å². The van der Waals surface area contributed by atoms with Crippen molar-refractivity contribution in [2.45, 2.75) is 46.3 Å². The maximum atomic E-state index is 11.6. The minimum absolute atomic E-state index is 0.114. The smallest absolute Gasteiger partial charge is 0.408 e. The maximum Gasteiger partial charge on any atom is 0.408 e. The summed E-state index contributed by atoms with van der Waals surface area (Å²) in [6, 6.07) is -0.312. The Bertz CT molecular complexity index is 552. The van der Waals surface area contributed by atoms with Crippen LogP contribution in [-0.4, -0.2) is 49.0 Å². The van der Waals surface area contributed by atoms with Crippen molar-refractivity contribution >= 4 is 12.1 Å². The summed E-state index contributed by atoms with van der Waals surface area (Å²) < 4.78 is 10.3. The quantitative estimate of drug-likeness (QED) is 0.788. The van der Waals surface area contributed by atoms with Gasteiger partial charge in [0.15, 0.2) is 0 Å². The monoisotopic (exact) mass is 338 g/mol. The van der Waals surface area contributed by atoms with Gasteiger partial charge >= 0.3 is 12.1 Å². The number of amides is 1. The van der Waals surface area contributed by atoms with Gasteiger partial charge in [-0.3, -0.25) is 0 Å².